The lowest BCUT2D eigenvalue weighted by Crippen LogP contribution is -2.05. The molecular formula is C13H14Br2N2. The quantitative estimate of drug-likeness (QED) is 0.731. The van der Waals surface area contributed by atoms with Crippen molar-refractivity contribution < 1.29 is 0 Å². The molecule has 0 aliphatic rings. The lowest BCUT2D eigenvalue weighted by Gasteiger charge is -2.13. The van der Waals surface area contributed by atoms with Crippen molar-refractivity contribution in [3.63, 3.8) is 0 Å². The third kappa shape index (κ3) is 2.47. The number of nitrogens with zero attached hydrogens (tertiary/aromatic N) is 2. The number of benzene rings is 1. The smallest absolute Gasteiger partial charge is 0.0790 e. The zero-order valence-corrected chi connectivity index (χ0v) is 13.0. The van der Waals surface area contributed by atoms with Crippen LogP contribution in [0.15, 0.2) is 34.9 Å². The lowest BCUT2D eigenvalue weighted by molar-refractivity contribution is 0.728. The molecule has 1 aromatic heterocycles. The number of alkyl halides is 1. The molecule has 1 heterocycles. The van der Waals surface area contributed by atoms with Crippen LogP contribution in [0.5, 0.6) is 0 Å². The Morgan fingerprint density at radius 2 is 2.00 bits per heavy atom. The molecule has 0 N–H and O–H groups in total. The molecule has 2 nitrogen and oxygen atoms in total. The average molecular weight is 358 g/mol. The summed E-state index contributed by atoms with van der Waals surface area (Å²) in [5.41, 5.74) is 3.59. The maximum Gasteiger partial charge on any atom is 0.0790 e. The Morgan fingerprint density at radius 1 is 1.29 bits per heavy atom. The van der Waals surface area contributed by atoms with Gasteiger partial charge in [-0.15, -0.1) is 0 Å². The van der Waals surface area contributed by atoms with E-state index in [0.29, 0.717) is 5.92 Å². The Hall–Kier alpha value is -0.610. The minimum Gasteiger partial charge on any atom is -0.236 e. The van der Waals surface area contributed by atoms with Gasteiger partial charge < -0.3 is 0 Å². The standard InChI is InChI=1S/C13H14Br2N2/c1-9(2)13-10(7-14)8-16-17(13)12-6-4-3-5-11(12)15/h3-6,8-9H,7H2,1-2H3. The van der Waals surface area contributed by atoms with Gasteiger partial charge in [0.2, 0.25) is 0 Å². The number of para-hydroxylation sites is 1. The second kappa shape index (κ2) is 5.36. The second-order valence-electron chi connectivity index (χ2n) is 4.21. The van der Waals surface area contributed by atoms with Crippen molar-refractivity contribution in [2.24, 2.45) is 0 Å². The molecule has 0 saturated carbocycles. The van der Waals surface area contributed by atoms with Gasteiger partial charge >= 0.3 is 0 Å². The second-order valence-corrected chi connectivity index (χ2v) is 5.62. The lowest BCUT2D eigenvalue weighted by atomic mass is 10.1. The number of hydrogen-bond donors (Lipinski definition) is 0. The normalized spacial score (nSPS) is 11.1. The van der Waals surface area contributed by atoms with Crippen LogP contribution in [0.3, 0.4) is 0 Å². The molecule has 0 unspecified atom stereocenters. The van der Waals surface area contributed by atoms with Crippen LogP contribution in [0.1, 0.15) is 31.0 Å². The molecule has 0 aliphatic carbocycles. The minimum absolute atomic E-state index is 0.442. The fraction of sp³-hybridized carbons (Fsp3) is 0.308. The summed E-state index contributed by atoms with van der Waals surface area (Å²) in [6, 6.07) is 8.15. The first-order valence-electron chi connectivity index (χ1n) is 5.52. The summed E-state index contributed by atoms with van der Waals surface area (Å²) in [5.74, 6) is 0.442. The van der Waals surface area contributed by atoms with Gasteiger partial charge in [0.15, 0.2) is 0 Å². The van der Waals surface area contributed by atoms with Gasteiger partial charge in [-0.3, -0.25) is 0 Å². The first-order chi connectivity index (χ1) is 8.15. The van der Waals surface area contributed by atoms with Crippen LogP contribution in [0.2, 0.25) is 0 Å². The predicted octanol–water partition coefficient (Wildman–Crippen LogP) is 4.65. The van der Waals surface area contributed by atoms with Gasteiger partial charge in [0.05, 0.1) is 17.6 Å². The third-order valence-corrected chi connectivity index (χ3v) is 3.93. The highest BCUT2D eigenvalue weighted by atomic mass is 79.9. The van der Waals surface area contributed by atoms with Crippen molar-refractivity contribution in [1.82, 2.24) is 9.78 Å². The summed E-state index contributed by atoms with van der Waals surface area (Å²) in [5, 5.41) is 5.33. The van der Waals surface area contributed by atoms with E-state index in [0.717, 1.165) is 15.5 Å². The molecule has 0 saturated heterocycles. The highest BCUT2D eigenvalue weighted by molar-refractivity contribution is 9.10. The van der Waals surface area contributed by atoms with Crippen LogP contribution in [0.25, 0.3) is 5.69 Å². The van der Waals surface area contributed by atoms with E-state index >= 15 is 0 Å². The molecule has 2 rings (SSSR count). The van der Waals surface area contributed by atoms with Crippen molar-refractivity contribution >= 4 is 31.9 Å². The molecule has 0 spiro atoms. The summed E-state index contributed by atoms with van der Waals surface area (Å²) in [7, 11) is 0. The largest absolute Gasteiger partial charge is 0.236 e. The summed E-state index contributed by atoms with van der Waals surface area (Å²) in [6.45, 7) is 4.38. The van der Waals surface area contributed by atoms with Gasteiger partial charge in [-0.05, 0) is 34.0 Å². The van der Waals surface area contributed by atoms with Crippen molar-refractivity contribution in [3.05, 3.63) is 46.2 Å². The van der Waals surface area contributed by atoms with Gasteiger partial charge in [0.1, 0.15) is 0 Å². The van der Waals surface area contributed by atoms with E-state index in [1.807, 2.05) is 29.1 Å². The van der Waals surface area contributed by atoms with Crippen LogP contribution >= 0.6 is 31.9 Å². The minimum atomic E-state index is 0.442. The fourth-order valence-corrected chi connectivity index (χ4v) is 2.81. The summed E-state index contributed by atoms with van der Waals surface area (Å²) in [4.78, 5) is 0. The Balaban J connectivity index is 2.60. The first-order valence-corrected chi connectivity index (χ1v) is 7.44. The highest BCUT2D eigenvalue weighted by Crippen LogP contribution is 2.28. The van der Waals surface area contributed by atoms with Crippen LogP contribution in [-0.2, 0) is 5.33 Å². The number of rotatable bonds is 3. The van der Waals surface area contributed by atoms with Gasteiger partial charge in [-0.25, -0.2) is 4.68 Å². The van der Waals surface area contributed by atoms with Crippen molar-refractivity contribution in [1.29, 1.82) is 0 Å². The van der Waals surface area contributed by atoms with Crippen LogP contribution in [0, 0.1) is 0 Å². The molecular weight excluding hydrogens is 344 g/mol. The molecule has 90 valence electrons. The molecule has 0 amide bonds. The van der Waals surface area contributed by atoms with E-state index in [2.05, 4.69) is 56.9 Å². The van der Waals surface area contributed by atoms with Gasteiger partial charge in [-0.1, -0.05) is 41.9 Å². The van der Waals surface area contributed by atoms with Crippen molar-refractivity contribution in [2.75, 3.05) is 0 Å². The van der Waals surface area contributed by atoms with E-state index < -0.39 is 0 Å². The zero-order chi connectivity index (χ0) is 12.4. The van der Waals surface area contributed by atoms with Gasteiger partial charge in [0.25, 0.3) is 0 Å². The molecule has 0 radical (unpaired) electrons. The van der Waals surface area contributed by atoms with Gasteiger partial charge in [0, 0.05) is 15.4 Å². The number of hydrogen-bond acceptors (Lipinski definition) is 1. The molecule has 0 aliphatic heterocycles. The van der Waals surface area contributed by atoms with E-state index in [1.165, 1.54) is 11.3 Å². The van der Waals surface area contributed by atoms with E-state index in [-0.39, 0.29) is 0 Å². The Morgan fingerprint density at radius 3 is 2.59 bits per heavy atom. The summed E-state index contributed by atoms with van der Waals surface area (Å²) >= 11 is 7.09. The zero-order valence-electron chi connectivity index (χ0n) is 9.82. The molecule has 0 bridgehead atoms. The predicted molar refractivity (Wildman–Crippen MR) is 78.0 cm³/mol. The number of aromatic nitrogens is 2. The van der Waals surface area contributed by atoms with Gasteiger partial charge in [-0.2, -0.15) is 5.10 Å². The monoisotopic (exact) mass is 356 g/mol. The Labute approximate surface area is 118 Å². The molecule has 1 aromatic carbocycles. The summed E-state index contributed by atoms with van der Waals surface area (Å²) in [6.07, 6.45) is 1.93. The Bertz CT molecular complexity index is 518. The number of halogens is 2. The van der Waals surface area contributed by atoms with Crippen LogP contribution in [-0.4, -0.2) is 9.78 Å². The molecule has 2 aromatic rings. The Kier molecular flexibility index (Phi) is 4.05. The van der Waals surface area contributed by atoms with E-state index in [1.54, 1.807) is 0 Å². The van der Waals surface area contributed by atoms with Crippen molar-refractivity contribution in [2.45, 2.75) is 25.1 Å². The summed E-state index contributed by atoms with van der Waals surface area (Å²) < 4.78 is 3.08. The SMILES string of the molecule is CC(C)c1c(CBr)cnn1-c1ccccc1Br. The third-order valence-electron chi connectivity index (χ3n) is 2.66. The average Bonchev–Trinajstić information content (AvgIpc) is 2.73. The molecule has 0 fully saturated rings. The maximum atomic E-state index is 4.50. The topological polar surface area (TPSA) is 17.8 Å². The van der Waals surface area contributed by atoms with Crippen LogP contribution < -0.4 is 0 Å². The van der Waals surface area contributed by atoms with Crippen LogP contribution in [0.4, 0.5) is 0 Å². The van der Waals surface area contributed by atoms with Crippen molar-refractivity contribution in [3.8, 4) is 5.69 Å². The maximum absolute atomic E-state index is 4.50. The van der Waals surface area contributed by atoms with E-state index in [4.69, 9.17) is 0 Å². The molecule has 4 heteroatoms. The first kappa shape index (κ1) is 12.8. The highest BCUT2D eigenvalue weighted by Gasteiger charge is 2.15. The van der Waals surface area contributed by atoms with E-state index in [9.17, 15) is 0 Å². The molecule has 17 heavy (non-hydrogen) atoms. The molecule has 0 atom stereocenters. The fourth-order valence-electron chi connectivity index (χ4n) is 1.93.